The highest BCUT2D eigenvalue weighted by molar-refractivity contribution is 8.49. The number of aromatic nitrogens is 2. The first-order chi connectivity index (χ1) is 9.95. The molecule has 1 unspecified atom stereocenters. The van der Waals surface area contributed by atoms with E-state index >= 15 is 0 Å². The maximum Gasteiger partial charge on any atom is 0.0912 e. The highest BCUT2D eigenvalue weighted by atomic mass is 35.7. The summed E-state index contributed by atoms with van der Waals surface area (Å²) in [6.45, 7) is 4.28. The molecule has 0 amide bonds. The minimum Gasteiger partial charge on any atom is -0.314 e. The molecule has 0 saturated carbocycles. The summed E-state index contributed by atoms with van der Waals surface area (Å²) in [5.74, 6) is 0.395. The number of hydrogen-bond donors (Lipinski definition) is 1. The van der Waals surface area contributed by atoms with Gasteiger partial charge in [0.25, 0.3) is 0 Å². The van der Waals surface area contributed by atoms with Crippen LogP contribution in [0, 0.1) is 0 Å². The molecule has 1 aliphatic rings. The van der Waals surface area contributed by atoms with Crippen molar-refractivity contribution in [2.45, 2.75) is 26.2 Å². The lowest BCUT2D eigenvalue weighted by molar-refractivity contribution is 0.838. The summed E-state index contributed by atoms with van der Waals surface area (Å²) < 4.78 is 18.2. The second kappa shape index (κ2) is 5.39. The Morgan fingerprint density at radius 2 is 2.19 bits per heavy atom. The van der Waals surface area contributed by atoms with Gasteiger partial charge in [0.2, 0.25) is 0 Å². The highest BCUT2D eigenvalue weighted by Crippen LogP contribution is 2.64. The van der Waals surface area contributed by atoms with Crippen LogP contribution in [0.3, 0.4) is 0 Å². The Kier molecular flexibility index (Phi) is 3.71. The number of benzene rings is 1. The Labute approximate surface area is 130 Å². The fraction of sp³-hybridized carbons (Fsp3) is 0.267. The monoisotopic (exact) mass is 325 g/mol. The molecule has 0 spiro atoms. The molecule has 3 nitrogen and oxygen atoms in total. The van der Waals surface area contributed by atoms with Crippen molar-refractivity contribution in [1.82, 2.24) is 14.5 Å². The van der Waals surface area contributed by atoms with Gasteiger partial charge in [0.15, 0.2) is 0 Å². The molecule has 112 valence electrons. The number of nitrogens with zero attached hydrogens (tertiary/aromatic N) is 2. The van der Waals surface area contributed by atoms with Crippen molar-refractivity contribution < 1.29 is 3.89 Å². The van der Waals surface area contributed by atoms with Gasteiger partial charge in [-0.1, -0.05) is 19.9 Å². The second-order valence-electron chi connectivity index (χ2n) is 5.41. The predicted molar refractivity (Wildman–Crippen MR) is 87.1 cm³/mol. The lowest BCUT2D eigenvalue weighted by atomic mass is 9.98. The van der Waals surface area contributed by atoms with Gasteiger partial charge in [-0.3, -0.25) is 0 Å². The summed E-state index contributed by atoms with van der Waals surface area (Å²) in [7, 11) is 3.02. The van der Waals surface area contributed by atoms with Crippen LogP contribution in [0.2, 0.25) is 0 Å². The summed E-state index contributed by atoms with van der Waals surface area (Å²) in [5.41, 5.74) is 3.25. The minimum atomic E-state index is -2.76. The van der Waals surface area contributed by atoms with Gasteiger partial charge in [0.05, 0.1) is 15.5 Å². The summed E-state index contributed by atoms with van der Waals surface area (Å²) in [4.78, 5) is 0.636. The van der Waals surface area contributed by atoms with Gasteiger partial charge >= 0.3 is 0 Å². The van der Waals surface area contributed by atoms with Crippen LogP contribution in [-0.2, 0) is 6.42 Å². The molecule has 0 radical (unpaired) electrons. The van der Waals surface area contributed by atoms with Crippen molar-refractivity contribution >= 4 is 20.5 Å². The van der Waals surface area contributed by atoms with E-state index in [1.165, 1.54) is 5.56 Å². The third-order valence-corrected chi connectivity index (χ3v) is 5.71. The van der Waals surface area contributed by atoms with Crippen molar-refractivity contribution in [3.63, 3.8) is 0 Å². The van der Waals surface area contributed by atoms with Gasteiger partial charge in [0.1, 0.15) is 0 Å². The lowest BCUT2D eigenvalue weighted by Crippen LogP contribution is -2.20. The maximum atomic E-state index is 13.8. The van der Waals surface area contributed by atoms with Gasteiger partial charge in [-0.15, -0.1) is 3.89 Å². The zero-order chi connectivity index (χ0) is 15.0. The molecule has 2 aromatic rings. The number of rotatable bonds is 4. The van der Waals surface area contributed by atoms with Gasteiger partial charge in [-0.05, 0) is 45.9 Å². The highest BCUT2D eigenvalue weighted by Gasteiger charge is 2.32. The van der Waals surface area contributed by atoms with Gasteiger partial charge in [-0.25, -0.2) is 4.68 Å². The van der Waals surface area contributed by atoms with Crippen molar-refractivity contribution in [1.29, 1.82) is 0 Å². The Morgan fingerprint density at radius 3 is 2.71 bits per heavy atom. The van der Waals surface area contributed by atoms with Crippen LogP contribution in [0.25, 0.3) is 5.69 Å². The fourth-order valence-electron chi connectivity index (χ4n) is 2.26. The summed E-state index contributed by atoms with van der Waals surface area (Å²) in [6.07, 6.45) is 5.84. The van der Waals surface area contributed by atoms with Crippen LogP contribution in [0.4, 0.5) is 3.89 Å². The van der Waals surface area contributed by atoms with Crippen LogP contribution in [-0.4, -0.2) is 9.78 Å². The van der Waals surface area contributed by atoms with Crippen LogP contribution < -0.4 is 4.72 Å². The maximum absolute atomic E-state index is 13.8. The largest absolute Gasteiger partial charge is 0.314 e. The van der Waals surface area contributed by atoms with Gasteiger partial charge in [-0.2, -0.15) is 5.10 Å². The molecule has 1 aromatic carbocycles. The first-order valence-corrected chi connectivity index (χ1v) is 9.14. The summed E-state index contributed by atoms with van der Waals surface area (Å²) >= 11 is 0. The smallest absolute Gasteiger partial charge is 0.0912 e. The Bertz CT molecular complexity index is 680. The zero-order valence-electron chi connectivity index (χ0n) is 11.9. The van der Waals surface area contributed by atoms with Gasteiger partial charge in [0, 0.05) is 29.9 Å². The summed E-state index contributed by atoms with van der Waals surface area (Å²) in [5, 5.41) is 4.26. The molecule has 0 aliphatic carbocycles. The van der Waals surface area contributed by atoms with E-state index in [0.29, 0.717) is 17.2 Å². The molecule has 21 heavy (non-hydrogen) atoms. The summed E-state index contributed by atoms with van der Waals surface area (Å²) in [6, 6.07) is 8.15. The first-order valence-electron chi connectivity index (χ1n) is 6.78. The molecule has 0 fully saturated rings. The van der Waals surface area contributed by atoms with Crippen LogP contribution in [0.5, 0.6) is 0 Å². The molecule has 0 saturated heterocycles. The van der Waals surface area contributed by atoms with E-state index in [1.54, 1.807) is 12.4 Å². The van der Waals surface area contributed by atoms with E-state index < -0.39 is 9.81 Å². The molecule has 1 N–H and O–H groups in total. The number of halogens is 2. The molecule has 3 rings (SSSR count). The zero-order valence-corrected chi connectivity index (χ0v) is 13.5. The third kappa shape index (κ3) is 2.94. The Balaban J connectivity index is 1.96. The molecule has 0 bridgehead atoms. The molecular weight excluding hydrogens is 309 g/mol. The average Bonchev–Trinajstić information content (AvgIpc) is 2.97. The van der Waals surface area contributed by atoms with Crippen molar-refractivity contribution in [3.05, 3.63) is 58.9 Å². The van der Waals surface area contributed by atoms with E-state index in [1.807, 2.05) is 23.0 Å². The molecule has 6 heteroatoms. The molecule has 1 aromatic heterocycles. The third-order valence-electron chi connectivity index (χ3n) is 3.51. The van der Waals surface area contributed by atoms with E-state index in [9.17, 15) is 3.89 Å². The fourth-order valence-corrected chi connectivity index (χ4v) is 3.50. The molecule has 1 atom stereocenters. The second-order valence-corrected chi connectivity index (χ2v) is 8.39. The Hall–Kier alpha value is -1.46. The Morgan fingerprint density at radius 1 is 1.38 bits per heavy atom. The first kappa shape index (κ1) is 14.5. The van der Waals surface area contributed by atoms with Crippen LogP contribution in [0.1, 0.15) is 30.9 Å². The lowest BCUT2D eigenvalue weighted by Gasteiger charge is -2.34. The van der Waals surface area contributed by atoms with Crippen LogP contribution >= 0.6 is 20.5 Å². The SMILES string of the molecule is CC(C)c1cc(CC2=CNS2(F)Cl)cc(-n2cccn2)c1. The van der Waals surface area contributed by atoms with Gasteiger partial charge < -0.3 is 4.72 Å². The average molecular weight is 326 g/mol. The standard InChI is InChI=1S/C15H17ClFN3S/c1-11(2)13-6-12(8-15-10-19-21(15,16)17)7-14(9-13)20-5-3-4-18-20/h3-7,9-11,19H,8H2,1-2H3. The van der Waals surface area contributed by atoms with E-state index in [0.717, 1.165) is 11.3 Å². The van der Waals surface area contributed by atoms with Crippen molar-refractivity contribution in [2.75, 3.05) is 0 Å². The van der Waals surface area contributed by atoms with Crippen molar-refractivity contribution in [3.8, 4) is 5.69 Å². The minimum absolute atomic E-state index is 0.395. The number of nitrogens with one attached hydrogen (secondary N) is 1. The topological polar surface area (TPSA) is 29.9 Å². The molecule has 1 aliphatic heterocycles. The number of allylic oxidation sites excluding steroid dienone is 1. The van der Waals surface area contributed by atoms with Crippen LogP contribution in [0.15, 0.2) is 47.8 Å². The predicted octanol–water partition coefficient (Wildman–Crippen LogP) is 4.74. The molecule has 2 heterocycles. The molecular formula is C15H17ClFN3S. The quantitative estimate of drug-likeness (QED) is 0.879. The normalized spacial score (nSPS) is 24.0. The van der Waals surface area contributed by atoms with E-state index in [2.05, 4.69) is 35.8 Å². The van der Waals surface area contributed by atoms with Crippen molar-refractivity contribution in [2.24, 2.45) is 0 Å². The number of hydrogen-bond acceptors (Lipinski definition) is 2. The van der Waals surface area contributed by atoms with E-state index in [-0.39, 0.29) is 0 Å². The van der Waals surface area contributed by atoms with E-state index in [4.69, 9.17) is 10.7 Å².